The van der Waals surface area contributed by atoms with E-state index >= 15 is 0 Å². The maximum Gasteiger partial charge on any atom is 0.215 e. The molecule has 0 aliphatic carbocycles. The summed E-state index contributed by atoms with van der Waals surface area (Å²) < 4.78 is 58.1. The highest BCUT2D eigenvalue weighted by Gasteiger charge is 2.35. The van der Waals surface area contributed by atoms with Crippen LogP contribution in [0, 0.1) is 11.6 Å². The highest BCUT2D eigenvalue weighted by Crippen LogP contribution is 2.30. The zero-order chi connectivity index (χ0) is 15.5. The molecule has 0 spiro atoms. The van der Waals surface area contributed by atoms with Gasteiger partial charge in [0.2, 0.25) is 10.0 Å². The first kappa shape index (κ1) is 16.7. The van der Waals surface area contributed by atoms with Crippen molar-refractivity contribution < 1.29 is 21.9 Å². The van der Waals surface area contributed by atoms with E-state index in [-0.39, 0.29) is 12.1 Å². The van der Waals surface area contributed by atoms with Crippen LogP contribution < -0.4 is 4.72 Å². The molecule has 1 aromatic rings. The Morgan fingerprint density at radius 2 is 2.00 bits per heavy atom. The molecule has 118 valence electrons. The second-order valence-corrected chi connectivity index (χ2v) is 7.96. The fourth-order valence-corrected chi connectivity index (χ4v) is 4.75. The number of nitrogens with one attached hydrogen (secondary N) is 1. The SMILES string of the molecule is COC1(CNS(=O)(=O)Cc2cc(F)cc(F)c2)CCSC1. The lowest BCUT2D eigenvalue weighted by Gasteiger charge is -2.26. The molecule has 4 nitrogen and oxygen atoms in total. The van der Waals surface area contributed by atoms with Gasteiger partial charge in [-0.05, 0) is 29.9 Å². The number of rotatable bonds is 6. The third kappa shape index (κ3) is 4.64. The molecular weight excluding hydrogens is 320 g/mol. The van der Waals surface area contributed by atoms with Gasteiger partial charge in [0.1, 0.15) is 11.6 Å². The average molecular weight is 337 g/mol. The Balaban J connectivity index is 2.01. The third-order valence-electron chi connectivity index (χ3n) is 3.39. The van der Waals surface area contributed by atoms with Gasteiger partial charge < -0.3 is 4.74 Å². The Labute approximate surface area is 127 Å². The predicted octanol–water partition coefficient (Wildman–Crippen LogP) is 1.91. The molecule has 1 aliphatic rings. The van der Waals surface area contributed by atoms with Crippen LogP contribution in [0.1, 0.15) is 12.0 Å². The Morgan fingerprint density at radius 1 is 1.33 bits per heavy atom. The number of methoxy groups -OCH3 is 1. The molecule has 0 amide bonds. The van der Waals surface area contributed by atoms with Crippen molar-refractivity contribution in [2.75, 3.05) is 25.2 Å². The zero-order valence-electron chi connectivity index (χ0n) is 11.6. The van der Waals surface area contributed by atoms with E-state index in [1.807, 2.05) is 0 Å². The maximum absolute atomic E-state index is 13.1. The predicted molar refractivity (Wildman–Crippen MR) is 78.7 cm³/mol. The second kappa shape index (κ2) is 6.60. The van der Waals surface area contributed by atoms with Crippen LogP contribution in [0.25, 0.3) is 0 Å². The molecule has 0 bridgehead atoms. The molecule has 1 saturated heterocycles. The summed E-state index contributed by atoms with van der Waals surface area (Å²) in [6, 6.07) is 2.73. The molecule has 8 heteroatoms. The molecular formula is C13H17F2NO3S2. The van der Waals surface area contributed by atoms with E-state index in [4.69, 9.17) is 4.74 Å². The third-order valence-corrected chi connectivity index (χ3v) is 5.91. The Morgan fingerprint density at radius 3 is 2.52 bits per heavy atom. The van der Waals surface area contributed by atoms with E-state index in [1.165, 1.54) is 0 Å². The van der Waals surface area contributed by atoms with Crippen LogP contribution in [-0.4, -0.2) is 39.2 Å². The van der Waals surface area contributed by atoms with Crippen molar-refractivity contribution in [3.8, 4) is 0 Å². The monoisotopic (exact) mass is 337 g/mol. The van der Waals surface area contributed by atoms with Gasteiger partial charge in [-0.15, -0.1) is 0 Å². The second-order valence-electron chi connectivity index (χ2n) is 5.05. The van der Waals surface area contributed by atoms with Crippen molar-refractivity contribution in [1.29, 1.82) is 0 Å². The molecule has 1 unspecified atom stereocenters. The van der Waals surface area contributed by atoms with Crippen LogP contribution in [0.2, 0.25) is 0 Å². The Hall–Kier alpha value is -0.700. The van der Waals surface area contributed by atoms with E-state index in [2.05, 4.69) is 4.72 Å². The molecule has 1 N–H and O–H groups in total. The minimum absolute atomic E-state index is 0.0762. The van der Waals surface area contributed by atoms with E-state index in [0.717, 1.165) is 30.1 Å². The Bertz CT molecular complexity index is 581. The van der Waals surface area contributed by atoms with Gasteiger partial charge >= 0.3 is 0 Å². The zero-order valence-corrected chi connectivity index (χ0v) is 13.2. The number of sulfonamides is 1. The van der Waals surface area contributed by atoms with Crippen molar-refractivity contribution in [3.05, 3.63) is 35.4 Å². The number of hydrogen-bond acceptors (Lipinski definition) is 4. The molecule has 1 fully saturated rings. The van der Waals surface area contributed by atoms with Gasteiger partial charge in [0, 0.05) is 25.5 Å². The van der Waals surface area contributed by atoms with Crippen LogP contribution in [0.3, 0.4) is 0 Å². The normalized spacial score (nSPS) is 22.6. The number of hydrogen-bond donors (Lipinski definition) is 1. The van der Waals surface area contributed by atoms with E-state index in [1.54, 1.807) is 18.9 Å². The fourth-order valence-electron chi connectivity index (χ4n) is 2.17. The van der Waals surface area contributed by atoms with Crippen LogP contribution in [-0.2, 0) is 20.5 Å². The van der Waals surface area contributed by atoms with Gasteiger partial charge in [0.15, 0.2) is 0 Å². The summed E-state index contributed by atoms with van der Waals surface area (Å²) >= 11 is 1.71. The number of halogens is 2. The van der Waals surface area contributed by atoms with Crippen molar-refractivity contribution in [1.82, 2.24) is 4.72 Å². The first-order valence-electron chi connectivity index (χ1n) is 6.39. The van der Waals surface area contributed by atoms with Crippen molar-refractivity contribution in [3.63, 3.8) is 0 Å². The molecule has 2 rings (SSSR count). The fraction of sp³-hybridized carbons (Fsp3) is 0.538. The summed E-state index contributed by atoms with van der Waals surface area (Å²) in [6.45, 7) is 0.163. The molecule has 0 aromatic heterocycles. The summed E-state index contributed by atoms with van der Waals surface area (Å²) in [5.41, 5.74) is -0.419. The molecule has 0 radical (unpaired) electrons. The van der Waals surface area contributed by atoms with E-state index in [9.17, 15) is 17.2 Å². The van der Waals surface area contributed by atoms with Crippen molar-refractivity contribution >= 4 is 21.8 Å². The molecule has 1 heterocycles. The van der Waals surface area contributed by atoms with Crippen LogP contribution in [0.4, 0.5) is 8.78 Å². The first-order valence-corrected chi connectivity index (χ1v) is 9.20. The first-order chi connectivity index (χ1) is 9.84. The minimum atomic E-state index is -3.68. The number of benzene rings is 1. The highest BCUT2D eigenvalue weighted by molar-refractivity contribution is 7.99. The van der Waals surface area contributed by atoms with Crippen molar-refractivity contribution in [2.24, 2.45) is 0 Å². The molecule has 1 atom stereocenters. The summed E-state index contributed by atoms with van der Waals surface area (Å²) in [7, 11) is -2.12. The van der Waals surface area contributed by atoms with Gasteiger partial charge in [-0.25, -0.2) is 21.9 Å². The number of thioether (sulfide) groups is 1. The van der Waals surface area contributed by atoms with Crippen LogP contribution in [0.15, 0.2) is 18.2 Å². The molecule has 1 aromatic carbocycles. The maximum atomic E-state index is 13.1. The van der Waals surface area contributed by atoms with Gasteiger partial charge in [-0.1, -0.05) is 0 Å². The summed E-state index contributed by atoms with van der Waals surface area (Å²) in [5, 5.41) is 0. The molecule has 21 heavy (non-hydrogen) atoms. The lowest BCUT2D eigenvalue weighted by Crippen LogP contribution is -2.44. The smallest absolute Gasteiger partial charge is 0.215 e. The Kier molecular flexibility index (Phi) is 5.24. The summed E-state index contributed by atoms with van der Waals surface area (Å²) in [5.74, 6) is -0.401. The lowest BCUT2D eigenvalue weighted by molar-refractivity contribution is 0.0179. The van der Waals surface area contributed by atoms with Crippen LogP contribution >= 0.6 is 11.8 Å². The van der Waals surface area contributed by atoms with Gasteiger partial charge in [-0.3, -0.25) is 0 Å². The summed E-state index contributed by atoms with van der Waals surface area (Å²) in [6.07, 6.45) is 0.769. The van der Waals surface area contributed by atoms with Crippen LogP contribution in [0.5, 0.6) is 0 Å². The van der Waals surface area contributed by atoms with Crippen molar-refractivity contribution in [2.45, 2.75) is 17.8 Å². The highest BCUT2D eigenvalue weighted by atomic mass is 32.2. The quantitative estimate of drug-likeness (QED) is 0.861. The van der Waals surface area contributed by atoms with Gasteiger partial charge in [0.05, 0.1) is 11.4 Å². The largest absolute Gasteiger partial charge is 0.376 e. The number of ether oxygens (including phenoxy) is 1. The molecule has 1 aliphatic heterocycles. The molecule has 0 saturated carbocycles. The minimum Gasteiger partial charge on any atom is -0.376 e. The van der Waals surface area contributed by atoms with E-state index < -0.39 is 33.0 Å². The van der Waals surface area contributed by atoms with E-state index in [0.29, 0.717) is 6.07 Å². The lowest BCUT2D eigenvalue weighted by atomic mass is 10.0. The standard InChI is InChI=1S/C13H17F2NO3S2/c1-19-13(2-3-20-9-13)8-16-21(17,18)7-10-4-11(14)6-12(15)5-10/h4-6,16H,2-3,7-9H2,1H3. The average Bonchev–Trinajstić information content (AvgIpc) is 2.84. The van der Waals surface area contributed by atoms with Gasteiger partial charge in [-0.2, -0.15) is 11.8 Å². The van der Waals surface area contributed by atoms with Gasteiger partial charge in [0.25, 0.3) is 0 Å². The summed E-state index contributed by atoms with van der Waals surface area (Å²) in [4.78, 5) is 0. The topological polar surface area (TPSA) is 55.4 Å².